The maximum Gasteiger partial charge on any atom is 0.416 e. The number of rotatable bonds is 2. The zero-order chi connectivity index (χ0) is 15.9. The number of hydrogen-bond acceptors (Lipinski definition) is 2. The van der Waals surface area contributed by atoms with Crippen LogP contribution in [0, 0.1) is 0 Å². The molecule has 0 aliphatic carbocycles. The van der Waals surface area contributed by atoms with Crippen LogP contribution in [-0.2, 0) is 12.8 Å². The van der Waals surface area contributed by atoms with Gasteiger partial charge in [-0.2, -0.15) is 18.3 Å². The maximum absolute atomic E-state index is 13.1. The second-order valence-electron chi connectivity index (χ2n) is 4.81. The Kier molecular flexibility index (Phi) is 3.58. The minimum Gasteiger partial charge on any atom is -0.392 e. The molecule has 22 heavy (non-hydrogen) atoms. The summed E-state index contributed by atoms with van der Waals surface area (Å²) in [6, 6.07) is 6.76. The Hall–Kier alpha value is -2.05. The summed E-state index contributed by atoms with van der Waals surface area (Å²) in [4.78, 5) is 0. The maximum atomic E-state index is 13.1. The third-order valence-corrected chi connectivity index (χ3v) is 3.65. The number of alkyl halides is 3. The van der Waals surface area contributed by atoms with Crippen molar-refractivity contribution in [3.8, 4) is 11.1 Å². The Labute approximate surface area is 128 Å². The summed E-state index contributed by atoms with van der Waals surface area (Å²) in [6.45, 7) is -0.303. The first-order valence-electron chi connectivity index (χ1n) is 6.34. The lowest BCUT2D eigenvalue weighted by atomic mass is 9.95. The number of aromatic amines is 1. The van der Waals surface area contributed by atoms with Gasteiger partial charge in [0.15, 0.2) is 0 Å². The van der Waals surface area contributed by atoms with Crippen molar-refractivity contribution < 1.29 is 18.3 Å². The van der Waals surface area contributed by atoms with E-state index >= 15 is 0 Å². The minimum absolute atomic E-state index is 0.272. The van der Waals surface area contributed by atoms with Crippen molar-refractivity contribution in [3.05, 3.63) is 52.7 Å². The molecule has 0 spiro atoms. The second kappa shape index (κ2) is 5.30. The molecule has 0 radical (unpaired) electrons. The molecular weight excluding hydrogens is 317 g/mol. The zero-order valence-corrected chi connectivity index (χ0v) is 11.8. The molecule has 0 amide bonds. The molecule has 3 nitrogen and oxygen atoms in total. The van der Waals surface area contributed by atoms with Gasteiger partial charge in [0.1, 0.15) is 0 Å². The zero-order valence-electron chi connectivity index (χ0n) is 11.1. The largest absolute Gasteiger partial charge is 0.416 e. The van der Waals surface area contributed by atoms with E-state index in [4.69, 9.17) is 11.6 Å². The molecule has 0 fully saturated rings. The molecule has 0 aliphatic rings. The van der Waals surface area contributed by atoms with E-state index < -0.39 is 11.7 Å². The van der Waals surface area contributed by atoms with Gasteiger partial charge in [0, 0.05) is 10.4 Å². The van der Waals surface area contributed by atoms with Crippen molar-refractivity contribution in [3.63, 3.8) is 0 Å². The Morgan fingerprint density at radius 2 is 1.91 bits per heavy atom. The molecule has 0 aliphatic heterocycles. The minimum atomic E-state index is -4.48. The number of nitrogens with one attached hydrogen (secondary N) is 1. The van der Waals surface area contributed by atoms with E-state index in [9.17, 15) is 18.3 Å². The van der Waals surface area contributed by atoms with Crippen molar-refractivity contribution in [2.45, 2.75) is 12.8 Å². The van der Waals surface area contributed by atoms with Gasteiger partial charge in [-0.05, 0) is 41.0 Å². The number of halogens is 4. The fourth-order valence-electron chi connectivity index (χ4n) is 2.37. The third-order valence-electron chi connectivity index (χ3n) is 3.42. The monoisotopic (exact) mass is 326 g/mol. The fourth-order valence-corrected chi connectivity index (χ4v) is 2.55. The number of hydrogen-bond donors (Lipinski definition) is 2. The summed E-state index contributed by atoms with van der Waals surface area (Å²) in [5.41, 5.74) is 0.751. The van der Waals surface area contributed by atoms with Gasteiger partial charge < -0.3 is 5.11 Å². The van der Waals surface area contributed by atoms with Crippen LogP contribution in [0.5, 0.6) is 0 Å². The highest BCUT2D eigenvalue weighted by molar-refractivity contribution is 6.31. The summed E-state index contributed by atoms with van der Waals surface area (Å²) in [6.07, 6.45) is -3.03. The van der Waals surface area contributed by atoms with E-state index in [2.05, 4.69) is 10.2 Å². The Morgan fingerprint density at radius 1 is 1.14 bits per heavy atom. The molecule has 0 bridgehead atoms. The SMILES string of the molecule is OCc1ccc(Cl)cc1-c1cc(C(F)(F)F)cc2[nH]ncc12. The van der Waals surface area contributed by atoms with Gasteiger partial charge in [-0.1, -0.05) is 17.7 Å². The number of fused-ring (bicyclic) bond motifs is 1. The molecule has 7 heteroatoms. The highest BCUT2D eigenvalue weighted by Gasteiger charge is 2.32. The van der Waals surface area contributed by atoms with Crippen molar-refractivity contribution >= 4 is 22.5 Å². The van der Waals surface area contributed by atoms with Crippen LogP contribution in [0.15, 0.2) is 36.5 Å². The number of aliphatic hydroxyl groups excluding tert-OH is 1. The van der Waals surface area contributed by atoms with Gasteiger partial charge in [-0.3, -0.25) is 5.10 Å². The topological polar surface area (TPSA) is 48.9 Å². The van der Waals surface area contributed by atoms with Crippen molar-refractivity contribution in [1.29, 1.82) is 0 Å². The van der Waals surface area contributed by atoms with Gasteiger partial charge >= 0.3 is 6.18 Å². The Bertz CT molecular complexity index is 842. The molecule has 0 atom stereocenters. The van der Waals surface area contributed by atoms with Gasteiger partial charge in [0.2, 0.25) is 0 Å². The standard InChI is InChI=1S/C15H10ClF3N2O/c16-10-2-1-8(7-22)11(5-10)12-3-9(15(17,18)19)4-14-13(12)6-20-21-14/h1-6,22H,7H2,(H,20,21). The van der Waals surface area contributed by atoms with Gasteiger partial charge in [-0.15, -0.1) is 0 Å². The van der Waals surface area contributed by atoms with Gasteiger partial charge in [0.25, 0.3) is 0 Å². The van der Waals surface area contributed by atoms with Crippen molar-refractivity contribution in [2.24, 2.45) is 0 Å². The molecule has 0 saturated heterocycles. The van der Waals surface area contributed by atoms with E-state index in [-0.39, 0.29) is 12.1 Å². The lowest BCUT2D eigenvalue weighted by Crippen LogP contribution is -2.05. The third kappa shape index (κ3) is 2.55. The summed E-state index contributed by atoms with van der Waals surface area (Å²) in [5.74, 6) is 0. The van der Waals surface area contributed by atoms with Crippen LogP contribution in [0.3, 0.4) is 0 Å². The molecule has 2 N–H and O–H groups in total. The predicted octanol–water partition coefficient (Wildman–Crippen LogP) is 4.39. The summed E-state index contributed by atoms with van der Waals surface area (Å²) >= 11 is 5.95. The van der Waals surface area contributed by atoms with Crippen LogP contribution in [0.4, 0.5) is 13.2 Å². The number of nitrogens with zero attached hydrogens (tertiary/aromatic N) is 1. The van der Waals surface area contributed by atoms with Crippen LogP contribution in [0.1, 0.15) is 11.1 Å². The number of H-pyrrole nitrogens is 1. The van der Waals surface area contributed by atoms with E-state index in [1.807, 2.05) is 0 Å². The highest BCUT2D eigenvalue weighted by atomic mass is 35.5. The lowest BCUT2D eigenvalue weighted by Gasteiger charge is -2.13. The predicted molar refractivity (Wildman–Crippen MR) is 77.5 cm³/mol. The van der Waals surface area contributed by atoms with Crippen LogP contribution < -0.4 is 0 Å². The molecule has 1 heterocycles. The van der Waals surface area contributed by atoms with Crippen LogP contribution in [0.25, 0.3) is 22.0 Å². The van der Waals surface area contributed by atoms with E-state index in [0.29, 0.717) is 27.1 Å². The molecule has 3 aromatic rings. The highest BCUT2D eigenvalue weighted by Crippen LogP contribution is 2.38. The van der Waals surface area contributed by atoms with Crippen LogP contribution >= 0.6 is 11.6 Å². The van der Waals surface area contributed by atoms with E-state index in [0.717, 1.165) is 12.1 Å². The average molecular weight is 327 g/mol. The smallest absolute Gasteiger partial charge is 0.392 e. The number of aliphatic hydroxyl groups is 1. The Balaban J connectivity index is 2.35. The van der Waals surface area contributed by atoms with E-state index in [1.165, 1.54) is 12.3 Å². The fraction of sp³-hybridized carbons (Fsp3) is 0.133. The summed E-state index contributed by atoms with van der Waals surface area (Å²) in [5, 5.41) is 16.7. The first kappa shape index (κ1) is 14.9. The normalized spacial score (nSPS) is 12.0. The molecule has 114 valence electrons. The summed E-state index contributed by atoms with van der Waals surface area (Å²) in [7, 11) is 0. The van der Waals surface area contributed by atoms with Crippen molar-refractivity contribution in [2.75, 3.05) is 0 Å². The Morgan fingerprint density at radius 3 is 2.59 bits per heavy atom. The summed E-state index contributed by atoms with van der Waals surface area (Å²) < 4.78 is 39.2. The van der Waals surface area contributed by atoms with Crippen molar-refractivity contribution in [1.82, 2.24) is 10.2 Å². The lowest BCUT2D eigenvalue weighted by molar-refractivity contribution is -0.137. The second-order valence-corrected chi connectivity index (χ2v) is 5.25. The molecule has 2 aromatic carbocycles. The molecule has 0 unspecified atom stereocenters. The molecule has 3 rings (SSSR count). The first-order chi connectivity index (χ1) is 10.4. The van der Waals surface area contributed by atoms with Crippen LogP contribution in [-0.4, -0.2) is 15.3 Å². The quantitative estimate of drug-likeness (QED) is 0.733. The first-order valence-corrected chi connectivity index (χ1v) is 6.72. The molecule has 0 saturated carbocycles. The van der Waals surface area contributed by atoms with E-state index in [1.54, 1.807) is 12.1 Å². The van der Waals surface area contributed by atoms with Gasteiger partial charge in [0.05, 0.1) is 23.9 Å². The van der Waals surface area contributed by atoms with Gasteiger partial charge in [-0.25, -0.2) is 0 Å². The average Bonchev–Trinajstić information content (AvgIpc) is 2.93. The molecular formula is C15H10ClF3N2O. The number of aromatic nitrogens is 2. The molecule has 1 aromatic heterocycles. The number of benzene rings is 2. The van der Waals surface area contributed by atoms with Crippen LogP contribution in [0.2, 0.25) is 5.02 Å².